The van der Waals surface area contributed by atoms with Crippen LogP contribution in [0, 0.1) is 0 Å². The van der Waals surface area contributed by atoms with Gasteiger partial charge in [0.05, 0.1) is 10.3 Å². The number of thioether (sulfide) groups is 1. The van der Waals surface area contributed by atoms with Crippen LogP contribution in [0.4, 0.5) is 5.82 Å². The minimum Gasteiger partial charge on any atom is -0.365 e. The normalized spacial score (nSPS) is 15.7. The molecule has 2 aliphatic rings. The molecule has 138 valence electrons. The van der Waals surface area contributed by atoms with Gasteiger partial charge in [0.25, 0.3) is 5.91 Å². The first kappa shape index (κ1) is 17.6. The molecule has 0 saturated carbocycles. The van der Waals surface area contributed by atoms with E-state index in [4.69, 9.17) is 5.73 Å². The van der Waals surface area contributed by atoms with Crippen molar-refractivity contribution in [1.82, 2.24) is 15.0 Å². The molecule has 3 N–H and O–H groups in total. The predicted molar refractivity (Wildman–Crippen MR) is 109 cm³/mol. The molecule has 0 bridgehead atoms. The topological polar surface area (TPSA) is 87.9 Å². The van der Waals surface area contributed by atoms with E-state index in [2.05, 4.69) is 39.2 Å². The highest BCUT2D eigenvalue weighted by Gasteiger charge is 2.18. The van der Waals surface area contributed by atoms with Crippen LogP contribution in [-0.2, 0) is 17.6 Å². The number of hydrogen-bond donors (Lipinski definition) is 2. The maximum Gasteiger partial charge on any atom is 0.256 e. The Morgan fingerprint density at radius 2 is 1.93 bits per heavy atom. The summed E-state index contributed by atoms with van der Waals surface area (Å²) in [6.45, 7) is 0.790. The van der Waals surface area contributed by atoms with Crippen LogP contribution in [-0.4, -0.2) is 33.2 Å². The molecule has 0 spiro atoms. The van der Waals surface area contributed by atoms with Crippen LogP contribution >= 0.6 is 11.8 Å². The van der Waals surface area contributed by atoms with Crippen molar-refractivity contribution in [3.63, 3.8) is 0 Å². The average molecular weight is 379 g/mol. The van der Waals surface area contributed by atoms with Crippen LogP contribution in [0.3, 0.4) is 0 Å². The smallest absolute Gasteiger partial charge is 0.256 e. The number of carbonyl (C=O) groups is 1. The summed E-state index contributed by atoms with van der Waals surface area (Å²) < 4.78 is 0. The Balaban J connectivity index is 0.000000167. The molecule has 1 aliphatic heterocycles. The molecule has 7 heteroatoms. The highest BCUT2D eigenvalue weighted by Crippen LogP contribution is 2.28. The summed E-state index contributed by atoms with van der Waals surface area (Å²) in [5.74, 6) is 1.20. The van der Waals surface area contributed by atoms with Crippen molar-refractivity contribution in [2.75, 3.05) is 17.2 Å². The van der Waals surface area contributed by atoms with E-state index in [9.17, 15) is 4.79 Å². The molecular weight excluding hydrogens is 358 g/mol. The van der Waals surface area contributed by atoms with E-state index in [1.165, 1.54) is 37.4 Å². The molecule has 0 radical (unpaired) electrons. The van der Waals surface area contributed by atoms with Gasteiger partial charge in [0.2, 0.25) is 0 Å². The Kier molecular flexibility index (Phi) is 5.11. The number of fused-ring (bicyclic) bond motifs is 2. The third kappa shape index (κ3) is 3.83. The second kappa shape index (κ2) is 7.84. The van der Waals surface area contributed by atoms with Gasteiger partial charge in [0.1, 0.15) is 17.8 Å². The molecule has 27 heavy (non-hydrogen) atoms. The number of anilines is 1. The number of aromatic amines is 1. The number of carbonyl (C=O) groups excluding carboxylic acids is 1. The van der Waals surface area contributed by atoms with E-state index in [0.29, 0.717) is 4.91 Å². The lowest BCUT2D eigenvalue weighted by Crippen LogP contribution is -2.27. The number of aromatic nitrogens is 3. The fraction of sp³-hybridized carbons (Fsp3) is 0.250. The van der Waals surface area contributed by atoms with E-state index in [-0.39, 0.29) is 0 Å². The number of nitrogens with one attached hydrogen (secondary N) is 1. The number of aryl methyl sites for hydroxylation is 2. The quantitative estimate of drug-likeness (QED) is 0.715. The zero-order valence-electron chi connectivity index (χ0n) is 14.9. The minimum atomic E-state index is -0.399. The Bertz CT molecular complexity index is 974. The molecule has 6 nitrogen and oxygen atoms in total. The molecule has 0 atom stereocenters. The van der Waals surface area contributed by atoms with Crippen LogP contribution in [0.15, 0.2) is 54.0 Å². The number of amides is 1. The first-order valence-electron chi connectivity index (χ1n) is 8.98. The molecule has 5 rings (SSSR count). The lowest BCUT2D eigenvalue weighted by molar-refractivity contribution is -0.113. The molecule has 1 aromatic carbocycles. The van der Waals surface area contributed by atoms with Crippen molar-refractivity contribution in [3.8, 4) is 0 Å². The predicted octanol–water partition coefficient (Wildman–Crippen LogP) is 3.01. The SMILES string of the molecule is NC(=O)C1=CN(c2ncnc3[nH]ccc23)CCS1.c1ccc2c(c1)CCC2. The lowest BCUT2D eigenvalue weighted by atomic mass is 10.1. The van der Waals surface area contributed by atoms with Gasteiger partial charge in [-0.05, 0) is 36.5 Å². The maximum atomic E-state index is 11.2. The van der Waals surface area contributed by atoms with E-state index in [0.717, 1.165) is 29.1 Å². The van der Waals surface area contributed by atoms with Crippen molar-refractivity contribution < 1.29 is 4.79 Å². The van der Waals surface area contributed by atoms with E-state index >= 15 is 0 Å². The van der Waals surface area contributed by atoms with Crippen molar-refractivity contribution in [3.05, 3.63) is 65.1 Å². The molecular formula is C20H21N5OS. The highest BCUT2D eigenvalue weighted by atomic mass is 32.2. The van der Waals surface area contributed by atoms with Gasteiger partial charge >= 0.3 is 0 Å². The molecule has 1 aliphatic carbocycles. The Hall–Kier alpha value is -2.80. The molecule has 1 amide bonds. The second-order valence-corrected chi connectivity index (χ2v) is 7.60. The second-order valence-electron chi connectivity index (χ2n) is 6.46. The van der Waals surface area contributed by atoms with Gasteiger partial charge in [0.15, 0.2) is 0 Å². The number of primary amides is 1. The third-order valence-electron chi connectivity index (χ3n) is 4.72. The lowest BCUT2D eigenvalue weighted by Gasteiger charge is -2.24. The van der Waals surface area contributed by atoms with E-state index in [1.807, 2.05) is 17.2 Å². The monoisotopic (exact) mass is 379 g/mol. The van der Waals surface area contributed by atoms with Gasteiger partial charge < -0.3 is 15.6 Å². The summed E-state index contributed by atoms with van der Waals surface area (Å²) in [5.41, 5.74) is 9.23. The molecule has 3 aromatic rings. The number of rotatable bonds is 2. The molecule has 3 heterocycles. The van der Waals surface area contributed by atoms with Crippen molar-refractivity contribution in [2.24, 2.45) is 5.73 Å². The van der Waals surface area contributed by atoms with E-state index in [1.54, 1.807) is 17.3 Å². The zero-order valence-corrected chi connectivity index (χ0v) is 15.7. The maximum absolute atomic E-state index is 11.2. The summed E-state index contributed by atoms with van der Waals surface area (Å²) in [7, 11) is 0. The van der Waals surface area contributed by atoms with Gasteiger partial charge in [0, 0.05) is 24.7 Å². The summed E-state index contributed by atoms with van der Waals surface area (Å²) in [4.78, 5) is 25.2. The Morgan fingerprint density at radius 3 is 2.67 bits per heavy atom. The van der Waals surface area contributed by atoms with E-state index < -0.39 is 5.91 Å². The Morgan fingerprint density at radius 1 is 1.15 bits per heavy atom. The fourth-order valence-corrected chi connectivity index (χ4v) is 4.25. The molecule has 0 fully saturated rings. The largest absolute Gasteiger partial charge is 0.365 e. The highest BCUT2D eigenvalue weighted by molar-refractivity contribution is 8.04. The van der Waals surface area contributed by atoms with Gasteiger partial charge in [-0.2, -0.15) is 0 Å². The summed E-state index contributed by atoms with van der Waals surface area (Å²) in [6.07, 6.45) is 9.05. The number of nitrogens with two attached hydrogens (primary N) is 1. The van der Waals surface area contributed by atoms with Crippen molar-refractivity contribution >= 4 is 34.5 Å². The first-order valence-corrected chi connectivity index (χ1v) is 9.97. The number of nitrogens with zero attached hydrogens (tertiary/aromatic N) is 3. The van der Waals surface area contributed by atoms with Gasteiger partial charge in [-0.15, -0.1) is 11.8 Å². The average Bonchev–Trinajstić information content (AvgIpc) is 3.37. The molecule has 0 saturated heterocycles. The summed E-state index contributed by atoms with van der Waals surface area (Å²) in [5, 5.41) is 0.935. The number of benzene rings is 1. The minimum absolute atomic E-state index is 0.399. The van der Waals surface area contributed by atoms with Crippen molar-refractivity contribution in [1.29, 1.82) is 0 Å². The summed E-state index contributed by atoms with van der Waals surface area (Å²) in [6, 6.07) is 10.7. The van der Waals surface area contributed by atoms with Crippen LogP contribution in [0.5, 0.6) is 0 Å². The first-order chi connectivity index (χ1) is 13.2. The zero-order chi connectivity index (χ0) is 18.6. The van der Waals surface area contributed by atoms with Crippen LogP contribution < -0.4 is 10.6 Å². The van der Waals surface area contributed by atoms with Gasteiger partial charge in [-0.1, -0.05) is 24.3 Å². The fourth-order valence-electron chi connectivity index (χ4n) is 3.40. The molecule has 0 unspecified atom stereocenters. The third-order valence-corrected chi connectivity index (χ3v) is 5.73. The number of H-pyrrole nitrogens is 1. The van der Waals surface area contributed by atoms with Crippen molar-refractivity contribution in [2.45, 2.75) is 19.3 Å². The van der Waals surface area contributed by atoms with Crippen LogP contribution in [0.25, 0.3) is 11.0 Å². The number of hydrogen-bond acceptors (Lipinski definition) is 5. The Labute approximate surface area is 161 Å². The standard InChI is InChI=1S/C11H11N5OS.C9H10/c12-9(17)8-5-16(3-4-18-8)11-7-1-2-13-10(7)14-6-15-11;1-2-5-9-7-3-6-8(9)4-1/h1-2,5-6H,3-4H2,(H2,12,17)(H,13,14,15);1-2,4-5H,3,6-7H2. The van der Waals surface area contributed by atoms with Gasteiger partial charge in [-0.25, -0.2) is 9.97 Å². The van der Waals surface area contributed by atoms with Crippen LogP contribution in [0.1, 0.15) is 17.5 Å². The van der Waals surface area contributed by atoms with Crippen LogP contribution in [0.2, 0.25) is 0 Å². The van der Waals surface area contributed by atoms with Gasteiger partial charge in [-0.3, -0.25) is 4.79 Å². The molecule has 2 aromatic heterocycles. The summed E-state index contributed by atoms with van der Waals surface area (Å²) >= 11 is 1.47.